The molecule has 118 valence electrons. The van der Waals surface area contributed by atoms with Crippen LogP contribution in [-0.4, -0.2) is 15.9 Å². The number of amides is 1. The molecule has 2 saturated carbocycles. The van der Waals surface area contributed by atoms with Crippen molar-refractivity contribution in [2.24, 2.45) is 11.3 Å². The highest BCUT2D eigenvalue weighted by Crippen LogP contribution is 2.62. The Morgan fingerprint density at radius 3 is 2.74 bits per heavy atom. The Bertz CT molecular complexity index is 708. The standard InChI is InChI=1S/C19H21N3O/c23-18(15-13-19(15)9-4-5-10-19)22-16-8-11-20-17(21-16)12-14-6-2-1-3-7-14/h1-3,6-8,11,15H,4-5,9-10,12-13H2,(H,20,21,22,23). The Hall–Kier alpha value is -2.23. The summed E-state index contributed by atoms with van der Waals surface area (Å²) in [6, 6.07) is 11.9. The fraction of sp³-hybridized carbons (Fsp3) is 0.421. The van der Waals surface area contributed by atoms with Crippen molar-refractivity contribution in [3.63, 3.8) is 0 Å². The van der Waals surface area contributed by atoms with E-state index in [4.69, 9.17) is 0 Å². The molecule has 2 fully saturated rings. The summed E-state index contributed by atoms with van der Waals surface area (Å²) in [5.74, 6) is 1.69. The Morgan fingerprint density at radius 2 is 1.96 bits per heavy atom. The Kier molecular flexibility index (Phi) is 3.60. The normalized spacial score (nSPS) is 21.3. The number of benzene rings is 1. The first-order valence-corrected chi connectivity index (χ1v) is 8.42. The van der Waals surface area contributed by atoms with Crippen LogP contribution in [0.25, 0.3) is 0 Å². The van der Waals surface area contributed by atoms with Crippen LogP contribution >= 0.6 is 0 Å². The number of hydrogen-bond donors (Lipinski definition) is 1. The van der Waals surface area contributed by atoms with Gasteiger partial charge in [0.2, 0.25) is 5.91 Å². The van der Waals surface area contributed by atoms with Crippen molar-refractivity contribution < 1.29 is 4.79 Å². The van der Waals surface area contributed by atoms with Gasteiger partial charge in [0, 0.05) is 18.5 Å². The molecular weight excluding hydrogens is 286 g/mol. The minimum atomic E-state index is 0.135. The van der Waals surface area contributed by atoms with E-state index < -0.39 is 0 Å². The lowest BCUT2D eigenvalue weighted by atomic mass is 10.0. The van der Waals surface area contributed by atoms with Gasteiger partial charge in [-0.05, 0) is 36.3 Å². The summed E-state index contributed by atoms with van der Waals surface area (Å²) in [6.45, 7) is 0. The van der Waals surface area contributed by atoms with Crippen LogP contribution in [-0.2, 0) is 11.2 Å². The number of carbonyl (C=O) groups is 1. The molecule has 1 unspecified atom stereocenters. The van der Waals surface area contributed by atoms with Crippen LogP contribution in [0.15, 0.2) is 42.6 Å². The number of rotatable bonds is 4. The first kappa shape index (κ1) is 14.4. The van der Waals surface area contributed by atoms with E-state index in [0.717, 1.165) is 12.2 Å². The molecule has 4 heteroatoms. The zero-order valence-corrected chi connectivity index (χ0v) is 13.2. The van der Waals surface area contributed by atoms with Crippen LogP contribution < -0.4 is 5.32 Å². The van der Waals surface area contributed by atoms with Gasteiger partial charge in [-0.2, -0.15) is 0 Å². The molecule has 2 aromatic rings. The maximum atomic E-state index is 12.4. The van der Waals surface area contributed by atoms with Crippen molar-refractivity contribution in [1.82, 2.24) is 9.97 Å². The van der Waals surface area contributed by atoms with Crippen molar-refractivity contribution in [3.8, 4) is 0 Å². The topological polar surface area (TPSA) is 54.9 Å². The molecule has 0 bridgehead atoms. The summed E-state index contributed by atoms with van der Waals surface area (Å²) in [5, 5.41) is 2.99. The lowest BCUT2D eigenvalue weighted by molar-refractivity contribution is -0.118. The van der Waals surface area contributed by atoms with Gasteiger partial charge in [0.05, 0.1) is 0 Å². The fourth-order valence-corrected chi connectivity index (χ4v) is 3.90. The zero-order chi connectivity index (χ0) is 15.7. The summed E-state index contributed by atoms with van der Waals surface area (Å²) in [6.07, 6.45) is 8.44. The van der Waals surface area contributed by atoms with E-state index in [-0.39, 0.29) is 11.8 Å². The molecule has 4 nitrogen and oxygen atoms in total. The second-order valence-electron chi connectivity index (χ2n) is 6.84. The molecule has 1 N–H and O–H groups in total. The molecule has 1 heterocycles. The minimum Gasteiger partial charge on any atom is -0.310 e. The Morgan fingerprint density at radius 1 is 1.17 bits per heavy atom. The average Bonchev–Trinajstić information content (AvgIpc) is 3.06. The second kappa shape index (κ2) is 5.76. The SMILES string of the molecule is O=C(Nc1ccnc(Cc2ccccc2)n1)C1CC12CCCC2. The molecular formula is C19H21N3O. The molecule has 23 heavy (non-hydrogen) atoms. The first-order valence-electron chi connectivity index (χ1n) is 8.42. The quantitative estimate of drug-likeness (QED) is 0.939. The molecule has 1 aromatic heterocycles. The fourth-order valence-electron chi connectivity index (χ4n) is 3.90. The summed E-state index contributed by atoms with van der Waals surface area (Å²) in [5.41, 5.74) is 1.49. The molecule has 1 amide bonds. The summed E-state index contributed by atoms with van der Waals surface area (Å²) < 4.78 is 0. The molecule has 0 radical (unpaired) electrons. The predicted molar refractivity (Wildman–Crippen MR) is 88.9 cm³/mol. The van der Waals surface area contributed by atoms with E-state index in [1.165, 1.54) is 31.2 Å². The molecule has 1 aromatic carbocycles. The van der Waals surface area contributed by atoms with Crippen molar-refractivity contribution in [1.29, 1.82) is 0 Å². The van der Waals surface area contributed by atoms with E-state index in [0.29, 0.717) is 17.7 Å². The van der Waals surface area contributed by atoms with Crippen LogP contribution in [0, 0.1) is 11.3 Å². The van der Waals surface area contributed by atoms with E-state index in [1.54, 1.807) is 12.3 Å². The van der Waals surface area contributed by atoms with E-state index >= 15 is 0 Å². The highest BCUT2D eigenvalue weighted by molar-refractivity contribution is 5.94. The van der Waals surface area contributed by atoms with Crippen molar-refractivity contribution in [3.05, 3.63) is 54.0 Å². The van der Waals surface area contributed by atoms with Crippen molar-refractivity contribution in [2.45, 2.75) is 38.5 Å². The average molecular weight is 307 g/mol. The monoisotopic (exact) mass is 307 g/mol. The van der Waals surface area contributed by atoms with Crippen LogP contribution in [0.2, 0.25) is 0 Å². The highest BCUT2D eigenvalue weighted by Gasteiger charge is 2.58. The van der Waals surface area contributed by atoms with E-state index in [2.05, 4.69) is 27.4 Å². The van der Waals surface area contributed by atoms with Gasteiger partial charge >= 0.3 is 0 Å². The smallest absolute Gasteiger partial charge is 0.229 e. The number of hydrogen-bond acceptors (Lipinski definition) is 3. The second-order valence-corrected chi connectivity index (χ2v) is 6.84. The number of nitrogens with zero attached hydrogens (tertiary/aromatic N) is 2. The number of anilines is 1. The molecule has 4 rings (SSSR count). The van der Waals surface area contributed by atoms with Gasteiger partial charge in [0.15, 0.2) is 0 Å². The van der Waals surface area contributed by atoms with Crippen LogP contribution in [0.3, 0.4) is 0 Å². The maximum absolute atomic E-state index is 12.4. The molecule has 1 spiro atoms. The third-order valence-corrected chi connectivity index (χ3v) is 5.27. The number of carbonyl (C=O) groups excluding carboxylic acids is 1. The van der Waals surface area contributed by atoms with Gasteiger partial charge in [-0.15, -0.1) is 0 Å². The minimum absolute atomic E-state index is 0.135. The molecule has 1 atom stereocenters. The Balaban J connectivity index is 1.42. The lowest BCUT2D eigenvalue weighted by Gasteiger charge is -2.09. The molecule has 0 saturated heterocycles. The van der Waals surface area contributed by atoms with E-state index in [9.17, 15) is 4.79 Å². The van der Waals surface area contributed by atoms with E-state index in [1.807, 2.05) is 18.2 Å². The Labute approximate surface area is 136 Å². The lowest BCUT2D eigenvalue weighted by Crippen LogP contribution is -2.18. The summed E-state index contributed by atoms with van der Waals surface area (Å²) in [4.78, 5) is 21.2. The van der Waals surface area contributed by atoms with Crippen LogP contribution in [0.4, 0.5) is 5.82 Å². The third-order valence-electron chi connectivity index (χ3n) is 5.27. The van der Waals surface area contributed by atoms with Crippen molar-refractivity contribution in [2.75, 3.05) is 5.32 Å². The van der Waals surface area contributed by atoms with Gasteiger partial charge in [-0.3, -0.25) is 4.79 Å². The number of nitrogens with one attached hydrogen (secondary N) is 1. The predicted octanol–water partition coefficient (Wildman–Crippen LogP) is 3.59. The maximum Gasteiger partial charge on any atom is 0.229 e. The van der Waals surface area contributed by atoms with Gasteiger partial charge in [0.1, 0.15) is 11.6 Å². The highest BCUT2D eigenvalue weighted by atomic mass is 16.2. The third kappa shape index (κ3) is 2.98. The van der Waals surface area contributed by atoms with Crippen molar-refractivity contribution >= 4 is 11.7 Å². The molecule has 2 aliphatic carbocycles. The number of aromatic nitrogens is 2. The summed E-state index contributed by atoms with van der Waals surface area (Å²) >= 11 is 0. The van der Waals surface area contributed by atoms with Gasteiger partial charge < -0.3 is 5.32 Å². The van der Waals surface area contributed by atoms with Gasteiger partial charge in [-0.1, -0.05) is 43.2 Å². The zero-order valence-electron chi connectivity index (χ0n) is 13.2. The molecule has 0 aliphatic heterocycles. The first-order chi connectivity index (χ1) is 11.3. The van der Waals surface area contributed by atoms with Gasteiger partial charge in [-0.25, -0.2) is 9.97 Å². The van der Waals surface area contributed by atoms with Gasteiger partial charge in [0.25, 0.3) is 0 Å². The summed E-state index contributed by atoms with van der Waals surface area (Å²) in [7, 11) is 0. The largest absolute Gasteiger partial charge is 0.310 e. The van der Waals surface area contributed by atoms with Crippen LogP contribution in [0.5, 0.6) is 0 Å². The molecule has 2 aliphatic rings. The van der Waals surface area contributed by atoms with Crippen LogP contribution in [0.1, 0.15) is 43.5 Å².